The second-order valence-electron chi connectivity index (χ2n) is 4.54. The second kappa shape index (κ2) is 5.02. The van der Waals surface area contributed by atoms with Crippen LogP contribution in [0.25, 0.3) is 0 Å². The van der Waals surface area contributed by atoms with Crippen molar-refractivity contribution < 1.29 is 4.74 Å². The number of fused-ring (bicyclic) bond motifs is 1. The molecule has 0 spiro atoms. The highest BCUT2D eigenvalue weighted by atomic mass is 32.1. The summed E-state index contributed by atoms with van der Waals surface area (Å²) in [5.41, 5.74) is 2.51. The van der Waals surface area contributed by atoms with Crippen LogP contribution < -0.4 is 10.1 Å². The number of hydrogen-bond acceptors (Lipinski definition) is 3. The maximum atomic E-state index is 5.53. The Kier molecular flexibility index (Phi) is 3.24. The number of rotatable bonds is 4. The largest absolute Gasteiger partial charge is 0.493 e. The van der Waals surface area contributed by atoms with Gasteiger partial charge in [0.05, 0.1) is 12.6 Å². The zero-order valence-electron chi connectivity index (χ0n) is 10.5. The number of anilines is 1. The van der Waals surface area contributed by atoms with Crippen LogP contribution in [-0.2, 0) is 6.42 Å². The predicted molar refractivity (Wildman–Crippen MR) is 76.6 cm³/mol. The smallest absolute Gasteiger partial charge is 0.122 e. The molecule has 1 aliphatic rings. The Labute approximate surface area is 112 Å². The Morgan fingerprint density at radius 2 is 2.33 bits per heavy atom. The Balaban J connectivity index is 1.79. The fraction of sp³-hybridized carbons (Fsp3) is 0.333. The number of thiophene rings is 1. The van der Waals surface area contributed by atoms with Crippen molar-refractivity contribution in [1.29, 1.82) is 0 Å². The van der Waals surface area contributed by atoms with Gasteiger partial charge in [-0.3, -0.25) is 0 Å². The summed E-state index contributed by atoms with van der Waals surface area (Å²) in [7, 11) is 0. The number of benzene rings is 1. The summed E-state index contributed by atoms with van der Waals surface area (Å²) < 4.78 is 5.53. The molecule has 0 radical (unpaired) electrons. The summed E-state index contributed by atoms with van der Waals surface area (Å²) in [5, 5.41) is 5.75. The van der Waals surface area contributed by atoms with E-state index in [1.54, 1.807) is 0 Å². The summed E-state index contributed by atoms with van der Waals surface area (Å²) in [6.45, 7) is 3.04. The van der Waals surface area contributed by atoms with Gasteiger partial charge in [0.2, 0.25) is 0 Å². The van der Waals surface area contributed by atoms with Crippen LogP contribution in [0.3, 0.4) is 0 Å². The van der Waals surface area contributed by atoms with Crippen LogP contribution in [0.2, 0.25) is 0 Å². The van der Waals surface area contributed by atoms with Gasteiger partial charge in [-0.15, -0.1) is 11.3 Å². The highest BCUT2D eigenvalue weighted by Gasteiger charge is 2.14. The lowest BCUT2D eigenvalue weighted by Gasteiger charge is -2.17. The molecule has 3 heteroatoms. The van der Waals surface area contributed by atoms with Crippen molar-refractivity contribution in [3.63, 3.8) is 0 Å². The lowest BCUT2D eigenvalue weighted by atomic mass is 10.1. The molecule has 0 saturated heterocycles. The number of hydrogen-bond donors (Lipinski definition) is 1. The number of nitrogens with one attached hydrogen (secondary N) is 1. The Morgan fingerprint density at radius 3 is 3.11 bits per heavy atom. The van der Waals surface area contributed by atoms with Crippen LogP contribution in [0.4, 0.5) is 5.69 Å². The van der Waals surface area contributed by atoms with Gasteiger partial charge in [-0.05, 0) is 41.6 Å². The van der Waals surface area contributed by atoms with Crippen molar-refractivity contribution in [3.8, 4) is 5.75 Å². The summed E-state index contributed by atoms with van der Waals surface area (Å²) in [6.07, 6.45) is 2.12. The third-order valence-corrected chi connectivity index (χ3v) is 4.31. The van der Waals surface area contributed by atoms with E-state index in [0.29, 0.717) is 6.04 Å². The summed E-state index contributed by atoms with van der Waals surface area (Å²) in [5.74, 6) is 1.05. The van der Waals surface area contributed by atoms with Gasteiger partial charge in [0.25, 0.3) is 0 Å². The molecule has 2 aromatic rings. The SMILES string of the molecule is CCC(Nc1ccc2c(c1)CCO2)c1cccs1. The standard InChI is InChI=1S/C15H17NOS/c1-2-13(15-4-3-9-18-15)16-12-5-6-14-11(10-12)7-8-17-14/h3-6,9-10,13,16H,2,7-8H2,1H3. The van der Waals surface area contributed by atoms with Crippen LogP contribution in [-0.4, -0.2) is 6.61 Å². The van der Waals surface area contributed by atoms with E-state index in [2.05, 4.69) is 48.0 Å². The first-order valence-corrected chi connectivity index (χ1v) is 7.30. The maximum Gasteiger partial charge on any atom is 0.122 e. The first kappa shape index (κ1) is 11.6. The fourth-order valence-electron chi connectivity index (χ4n) is 2.34. The molecule has 2 heterocycles. The molecule has 1 unspecified atom stereocenters. The molecule has 94 valence electrons. The van der Waals surface area contributed by atoms with Gasteiger partial charge < -0.3 is 10.1 Å². The quantitative estimate of drug-likeness (QED) is 0.886. The van der Waals surface area contributed by atoms with Gasteiger partial charge in [-0.1, -0.05) is 13.0 Å². The first-order chi connectivity index (χ1) is 8.86. The second-order valence-corrected chi connectivity index (χ2v) is 5.52. The number of ether oxygens (including phenoxy) is 1. The molecular formula is C15H17NOS. The van der Waals surface area contributed by atoms with Crippen LogP contribution in [0.5, 0.6) is 5.75 Å². The van der Waals surface area contributed by atoms with Gasteiger partial charge >= 0.3 is 0 Å². The van der Waals surface area contributed by atoms with E-state index in [1.807, 2.05) is 11.3 Å². The minimum absolute atomic E-state index is 0.408. The van der Waals surface area contributed by atoms with Gasteiger partial charge in [-0.2, -0.15) is 0 Å². The molecule has 1 aliphatic heterocycles. The minimum Gasteiger partial charge on any atom is -0.493 e. The molecule has 0 fully saturated rings. The van der Waals surface area contributed by atoms with E-state index in [-0.39, 0.29) is 0 Å². The average Bonchev–Trinajstić information content (AvgIpc) is 3.06. The summed E-state index contributed by atoms with van der Waals surface area (Å²) in [4.78, 5) is 1.40. The predicted octanol–water partition coefficient (Wildman–Crippen LogP) is 4.25. The van der Waals surface area contributed by atoms with E-state index in [0.717, 1.165) is 25.2 Å². The van der Waals surface area contributed by atoms with Crippen molar-refractivity contribution in [2.24, 2.45) is 0 Å². The molecule has 0 bridgehead atoms. The molecule has 0 amide bonds. The monoisotopic (exact) mass is 259 g/mol. The normalized spacial score (nSPS) is 14.9. The highest BCUT2D eigenvalue weighted by molar-refractivity contribution is 7.10. The Hall–Kier alpha value is -1.48. The molecular weight excluding hydrogens is 242 g/mol. The van der Waals surface area contributed by atoms with Crippen molar-refractivity contribution >= 4 is 17.0 Å². The Bertz CT molecular complexity index is 521. The van der Waals surface area contributed by atoms with E-state index < -0.39 is 0 Å². The molecule has 1 aromatic carbocycles. The topological polar surface area (TPSA) is 21.3 Å². The summed E-state index contributed by atoms with van der Waals surface area (Å²) in [6, 6.07) is 11.1. The van der Waals surface area contributed by atoms with Gasteiger partial charge in [0.15, 0.2) is 0 Å². The van der Waals surface area contributed by atoms with Crippen LogP contribution in [0.15, 0.2) is 35.7 Å². The van der Waals surface area contributed by atoms with Crippen molar-refractivity contribution in [1.82, 2.24) is 0 Å². The van der Waals surface area contributed by atoms with Crippen molar-refractivity contribution in [3.05, 3.63) is 46.2 Å². The maximum absolute atomic E-state index is 5.53. The fourth-order valence-corrected chi connectivity index (χ4v) is 3.20. The van der Waals surface area contributed by atoms with Gasteiger partial charge in [0, 0.05) is 17.0 Å². The van der Waals surface area contributed by atoms with Crippen LogP contribution in [0.1, 0.15) is 29.8 Å². The average molecular weight is 259 g/mol. The van der Waals surface area contributed by atoms with Crippen LogP contribution in [0, 0.1) is 0 Å². The van der Waals surface area contributed by atoms with Crippen molar-refractivity contribution in [2.75, 3.05) is 11.9 Å². The highest BCUT2D eigenvalue weighted by Crippen LogP contribution is 2.31. The van der Waals surface area contributed by atoms with Crippen molar-refractivity contribution in [2.45, 2.75) is 25.8 Å². The van der Waals surface area contributed by atoms with Gasteiger partial charge in [0.1, 0.15) is 5.75 Å². The molecule has 18 heavy (non-hydrogen) atoms. The molecule has 0 saturated carbocycles. The zero-order valence-corrected chi connectivity index (χ0v) is 11.3. The molecule has 0 aliphatic carbocycles. The molecule has 1 atom stereocenters. The lowest BCUT2D eigenvalue weighted by molar-refractivity contribution is 0.357. The molecule has 3 rings (SSSR count). The van der Waals surface area contributed by atoms with E-state index >= 15 is 0 Å². The summed E-state index contributed by atoms with van der Waals surface area (Å²) >= 11 is 1.81. The lowest BCUT2D eigenvalue weighted by Crippen LogP contribution is -2.08. The zero-order chi connectivity index (χ0) is 12.4. The van der Waals surface area contributed by atoms with E-state index in [4.69, 9.17) is 4.74 Å². The van der Waals surface area contributed by atoms with E-state index in [9.17, 15) is 0 Å². The molecule has 2 nitrogen and oxygen atoms in total. The third-order valence-electron chi connectivity index (χ3n) is 3.33. The van der Waals surface area contributed by atoms with E-state index in [1.165, 1.54) is 16.1 Å². The first-order valence-electron chi connectivity index (χ1n) is 6.42. The van der Waals surface area contributed by atoms with Crippen LogP contribution >= 0.6 is 11.3 Å². The molecule has 1 aromatic heterocycles. The molecule has 1 N–H and O–H groups in total. The minimum atomic E-state index is 0.408. The van der Waals surface area contributed by atoms with Gasteiger partial charge in [-0.25, -0.2) is 0 Å². The Morgan fingerprint density at radius 1 is 1.39 bits per heavy atom. The third kappa shape index (κ3) is 2.23.